The first-order chi connectivity index (χ1) is 16.5. The van der Waals surface area contributed by atoms with E-state index in [2.05, 4.69) is 5.16 Å². The standard InChI is InChI=1S/C25H26ClN3O5S/c1-16-13-19(26)6-9-21(16)22(17-3-7-20(8-4-17)35(2,33)34)14-23(28-32)18-5-10-25(31)29(15-18)12-11-24(27)30/h3-10,13,15,22,32H,11-12,14H2,1-2H3,(H2,27,30)/b28-23-. The predicted molar refractivity (Wildman–Crippen MR) is 135 cm³/mol. The highest BCUT2D eigenvalue weighted by molar-refractivity contribution is 7.90. The Kier molecular flexibility index (Phi) is 8.14. The molecule has 3 aromatic rings. The highest BCUT2D eigenvalue weighted by atomic mass is 35.5. The van der Waals surface area contributed by atoms with Crippen LogP contribution in [-0.4, -0.2) is 36.1 Å². The van der Waals surface area contributed by atoms with Gasteiger partial charge in [0.05, 0.1) is 10.6 Å². The van der Waals surface area contributed by atoms with Crippen molar-refractivity contribution >= 4 is 33.1 Å². The fourth-order valence-corrected chi connectivity index (χ4v) is 4.76. The average molecular weight is 516 g/mol. The minimum atomic E-state index is -3.36. The Morgan fingerprint density at radius 1 is 1.14 bits per heavy atom. The smallest absolute Gasteiger partial charge is 0.250 e. The number of amides is 1. The fraction of sp³-hybridized carbons (Fsp3) is 0.240. The molecular formula is C25H26ClN3O5S. The summed E-state index contributed by atoms with van der Waals surface area (Å²) in [6.45, 7) is 2.02. The van der Waals surface area contributed by atoms with E-state index in [0.717, 1.165) is 22.9 Å². The van der Waals surface area contributed by atoms with Crippen LogP contribution in [-0.2, 0) is 21.2 Å². The molecule has 0 aliphatic rings. The van der Waals surface area contributed by atoms with Gasteiger partial charge in [-0.3, -0.25) is 9.59 Å². The van der Waals surface area contributed by atoms with E-state index in [1.54, 1.807) is 36.4 Å². The lowest BCUT2D eigenvalue weighted by molar-refractivity contribution is -0.118. The number of pyridine rings is 1. The highest BCUT2D eigenvalue weighted by Gasteiger charge is 2.22. The number of hydrogen-bond donors (Lipinski definition) is 2. The van der Waals surface area contributed by atoms with Crippen molar-refractivity contribution in [2.24, 2.45) is 10.9 Å². The van der Waals surface area contributed by atoms with E-state index in [1.807, 2.05) is 19.1 Å². The number of hydrogen-bond acceptors (Lipinski definition) is 6. The largest absolute Gasteiger partial charge is 0.411 e. The zero-order valence-corrected chi connectivity index (χ0v) is 20.9. The molecule has 0 saturated carbocycles. The van der Waals surface area contributed by atoms with Gasteiger partial charge in [0.25, 0.3) is 5.56 Å². The summed E-state index contributed by atoms with van der Waals surface area (Å²) in [4.78, 5) is 23.6. The summed E-state index contributed by atoms with van der Waals surface area (Å²) in [6.07, 6.45) is 2.91. The van der Waals surface area contributed by atoms with Gasteiger partial charge in [0.2, 0.25) is 5.91 Å². The van der Waals surface area contributed by atoms with Gasteiger partial charge < -0.3 is 15.5 Å². The van der Waals surface area contributed by atoms with Gasteiger partial charge in [-0.1, -0.05) is 35.0 Å². The van der Waals surface area contributed by atoms with E-state index in [4.69, 9.17) is 17.3 Å². The molecule has 1 atom stereocenters. The van der Waals surface area contributed by atoms with Crippen LogP contribution >= 0.6 is 11.6 Å². The van der Waals surface area contributed by atoms with Crippen molar-refractivity contribution in [2.45, 2.75) is 37.1 Å². The van der Waals surface area contributed by atoms with Crippen LogP contribution in [0.1, 0.15) is 41.0 Å². The normalized spacial score (nSPS) is 12.9. The molecule has 0 radical (unpaired) electrons. The number of sulfone groups is 1. The van der Waals surface area contributed by atoms with E-state index >= 15 is 0 Å². The van der Waals surface area contributed by atoms with Crippen LogP contribution in [0.3, 0.4) is 0 Å². The molecule has 0 fully saturated rings. The van der Waals surface area contributed by atoms with E-state index in [0.29, 0.717) is 16.3 Å². The zero-order valence-electron chi connectivity index (χ0n) is 19.3. The zero-order chi connectivity index (χ0) is 25.8. The lowest BCUT2D eigenvalue weighted by Crippen LogP contribution is -2.24. The summed E-state index contributed by atoms with van der Waals surface area (Å²) in [5.74, 6) is -0.841. The number of benzene rings is 2. The maximum atomic E-state index is 12.2. The highest BCUT2D eigenvalue weighted by Crippen LogP contribution is 2.33. The summed E-state index contributed by atoms with van der Waals surface area (Å²) in [7, 11) is -3.36. The lowest BCUT2D eigenvalue weighted by atomic mass is 9.83. The average Bonchev–Trinajstić information content (AvgIpc) is 2.80. The molecule has 184 valence electrons. The van der Waals surface area contributed by atoms with Crippen LogP contribution in [0.4, 0.5) is 0 Å². The first kappa shape index (κ1) is 26.2. The lowest BCUT2D eigenvalue weighted by Gasteiger charge is -2.21. The Balaban J connectivity index is 2.05. The third kappa shape index (κ3) is 6.58. The van der Waals surface area contributed by atoms with Gasteiger partial charge in [0.1, 0.15) is 0 Å². The molecule has 0 saturated heterocycles. The first-order valence-corrected chi connectivity index (χ1v) is 13.0. The summed E-state index contributed by atoms with van der Waals surface area (Å²) in [5.41, 5.74) is 8.35. The molecule has 3 rings (SSSR count). The fourth-order valence-electron chi connectivity index (χ4n) is 3.90. The Morgan fingerprint density at radius 3 is 2.40 bits per heavy atom. The second-order valence-electron chi connectivity index (χ2n) is 8.31. The third-order valence-electron chi connectivity index (χ3n) is 5.75. The number of halogens is 1. The minimum absolute atomic E-state index is 0.00571. The Hall–Kier alpha value is -3.43. The molecule has 0 aliphatic heterocycles. The quantitative estimate of drug-likeness (QED) is 0.256. The van der Waals surface area contributed by atoms with Crippen LogP contribution in [0.25, 0.3) is 0 Å². The first-order valence-electron chi connectivity index (χ1n) is 10.8. The van der Waals surface area contributed by atoms with Crippen molar-refractivity contribution < 1.29 is 18.4 Å². The third-order valence-corrected chi connectivity index (χ3v) is 7.12. The van der Waals surface area contributed by atoms with Crippen molar-refractivity contribution in [3.63, 3.8) is 0 Å². The Labute approximate surface area is 208 Å². The van der Waals surface area contributed by atoms with Gasteiger partial charge >= 0.3 is 0 Å². The van der Waals surface area contributed by atoms with Crippen molar-refractivity contribution in [3.8, 4) is 0 Å². The molecular weight excluding hydrogens is 490 g/mol. The van der Waals surface area contributed by atoms with Gasteiger partial charge in [0, 0.05) is 54.4 Å². The van der Waals surface area contributed by atoms with Gasteiger partial charge in [-0.05, 0) is 53.9 Å². The summed E-state index contributed by atoms with van der Waals surface area (Å²) >= 11 is 6.16. The number of nitrogens with zero attached hydrogens (tertiary/aromatic N) is 2. The van der Waals surface area contributed by atoms with Gasteiger partial charge in [-0.25, -0.2) is 8.42 Å². The van der Waals surface area contributed by atoms with Crippen LogP contribution in [0.5, 0.6) is 0 Å². The molecule has 8 nitrogen and oxygen atoms in total. The molecule has 2 aromatic carbocycles. The van der Waals surface area contributed by atoms with Gasteiger partial charge in [-0.15, -0.1) is 0 Å². The summed E-state index contributed by atoms with van der Waals surface area (Å²) < 4.78 is 25.2. The topological polar surface area (TPSA) is 132 Å². The molecule has 1 heterocycles. The van der Waals surface area contributed by atoms with Crippen LogP contribution in [0.2, 0.25) is 5.02 Å². The second kappa shape index (κ2) is 10.9. The van der Waals surface area contributed by atoms with Crippen molar-refractivity contribution in [2.75, 3.05) is 6.26 Å². The van der Waals surface area contributed by atoms with Gasteiger partial charge in [0.15, 0.2) is 9.84 Å². The number of primary amides is 1. The van der Waals surface area contributed by atoms with Crippen molar-refractivity contribution in [1.82, 2.24) is 4.57 Å². The minimum Gasteiger partial charge on any atom is -0.411 e. The maximum Gasteiger partial charge on any atom is 0.250 e. The Morgan fingerprint density at radius 2 is 1.83 bits per heavy atom. The predicted octanol–water partition coefficient (Wildman–Crippen LogP) is 3.49. The molecule has 1 amide bonds. The number of carbonyl (C=O) groups excluding carboxylic acids is 1. The number of aromatic nitrogens is 1. The number of rotatable bonds is 9. The monoisotopic (exact) mass is 515 g/mol. The van der Waals surface area contributed by atoms with E-state index in [1.165, 1.54) is 16.8 Å². The number of carbonyl (C=O) groups is 1. The molecule has 3 N–H and O–H groups in total. The number of nitrogens with two attached hydrogens (primary N) is 1. The molecule has 1 unspecified atom stereocenters. The van der Waals surface area contributed by atoms with Crippen molar-refractivity contribution in [1.29, 1.82) is 0 Å². The molecule has 35 heavy (non-hydrogen) atoms. The summed E-state index contributed by atoms with van der Waals surface area (Å²) in [6, 6.07) is 14.9. The summed E-state index contributed by atoms with van der Waals surface area (Å²) in [5, 5.41) is 14.0. The molecule has 1 aromatic heterocycles. The number of aryl methyl sites for hydroxylation is 2. The van der Waals surface area contributed by atoms with Crippen molar-refractivity contribution in [3.05, 3.63) is 98.4 Å². The van der Waals surface area contributed by atoms with E-state index < -0.39 is 15.7 Å². The van der Waals surface area contributed by atoms with Crippen LogP contribution in [0.15, 0.2) is 75.6 Å². The maximum absolute atomic E-state index is 12.2. The van der Waals surface area contributed by atoms with E-state index in [-0.39, 0.29) is 35.8 Å². The van der Waals surface area contributed by atoms with Gasteiger partial charge in [-0.2, -0.15) is 0 Å². The molecule has 0 bridgehead atoms. The number of oxime groups is 1. The molecule has 0 spiro atoms. The van der Waals surface area contributed by atoms with Crippen LogP contribution < -0.4 is 11.3 Å². The van der Waals surface area contributed by atoms with Crippen LogP contribution in [0, 0.1) is 6.92 Å². The molecule has 0 aliphatic carbocycles. The Bertz CT molecular complexity index is 1430. The SMILES string of the molecule is Cc1cc(Cl)ccc1C(C/C(=N/O)c1ccc(=O)n(CCC(N)=O)c1)c1ccc(S(C)(=O)=O)cc1. The molecule has 10 heteroatoms. The van der Waals surface area contributed by atoms with E-state index in [9.17, 15) is 23.2 Å². The second-order valence-corrected chi connectivity index (χ2v) is 10.8.